The highest BCUT2D eigenvalue weighted by Crippen LogP contribution is 2.45. The van der Waals surface area contributed by atoms with E-state index in [4.69, 9.17) is 9.47 Å². The first-order valence-electron chi connectivity index (χ1n) is 6.75. The molecule has 0 aliphatic heterocycles. The standard InChI is InChI=1S/C13H25F2NO2/c1-4-13(3)10(8-11(13)18-5-2)16-6-7-17-9-12(14)15/h10-12,16H,4-9H2,1-3H3. The molecule has 0 aromatic heterocycles. The Morgan fingerprint density at radius 2 is 2.11 bits per heavy atom. The van der Waals surface area contributed by atoms with Crippen molar-refractivity contribution in [1.29, 1.82) is 0 Å². The Hall–Kier alpha value is -0.260. The van der Waals surface area contributed by atoms with Gasteiger partial charge < -0.3 is 14.8 Å². The molecule has 3 nitrogen and oxygen atoms in total. The Kier molecular flexibility index (Phi) is 6.46. The van der Waals surface area contributed by atoms with Gasteiger partial charge in [0.2, 0.25) is 0 Å². The van der Waals surface area contributed by atoms with Crippen LogP contribution < -0.4 is 5.32 Å². The lowest BCUT2D eigenvalue weighted by atomic mass is 9.61. The molecule has 108 valence electrons. The molecule has 0 aromatic rings. The number of halogens is 2. The zero-order valence-electron chi connectivity index (χ0n) is 11.5. The van der Waals surface area contributed by atoms with Crippen LogP contribution >= 0.6 is 0 Å². The molecule has 3 unspecified atom stereocenters. The molecule has 0 aromatic carbocycles. The van der Waals surface area contributed by atoms with Crippen LogP contribution in [0.2, 0.25) is 0 Å². The normalized spacial score (nSPS) is 31.7. The van der Waals surface area contributed by atoms with E-state index in [0.717, 1.165) is 19.4 Å². The lowest BCUT2D eigenvalue weighted by molar-refractivity contribution is -0.126. The summed E-state index contributed by atoms with van der Waals surface area (Å²) in [4.78, 5) is 0. The molecule has 1 rings (SSSR count). The van der Waals surface area contributed by atoms with Crippen LogP contribution in [0.4, 0.5) is 8.78 Å². The molecule has 0 spiro atoms. The minimum absolute atomic E-state index is 0.152. The van der Waals surface area contributed by atoms with Crippen molar-refractivity contribution < 1.29 is 18.3 Å². The number of hydrogen-bond donors (Lipinski definition) is 1. The van der Waals surface area contributed by atoms with E-state index in [9.17, 15) is 8.78 Å². The molecule has 1 aliphatic carbocycles. The Morgan fingerprint density at radius 3 is 2.67 bits per heavy atom. The molecular formula is C13H25F2NO2. The highest BCUT2D eigenvalue weighted by molar-refractivity contribution is 5.04. The van der Waals surface area contributed by atoms with Crippen molar-refractivity contribution in [1.82, 2.24) is 5.32 Å². The molecule has 0 radical (unpaired) electrons. The fraction of sp³-hybridized carbons (Fsp3) is 1.00. The molecule has 5 heteroatoms. The number of rotatable bonds is 9. The zero-order chi connectivity index (χ0) is 13.6. The van der Waals surface area contributed by atoms with E-state index < -0.39 is 13.0 Å². The van der Waals surface area contributed by atoms with Crippen LogP contribution in [0.25, 0.3) is 0 Å². The molecule has 1 N–H and O–H groups in total. The number of ether oxygens (including phenoxy) is 2. The summed E-state index contributed by atoms with van der Waals surface area (Å²) < 4.78 is 34.2. The van der Waals surface area contributed by atoms with Gasteiger partial charge in [-0.1, -0.05) is 13.8 Å². The van der Waals surface area contributed by atoms with Crippen molar-refractivity contribution in [2.24, 2.45) is 5.41 Å². The van der Waals surface area contributed by atoms with E-state index >= 15 is 0 Å². The maximum absolute atomic E-state index is 11.8. The molecule has 0 bridgehead atoms. The maximum Gasteiger partial charge on any atom is 0.261 e. The number of alkyl halides is 2. The van der Waals surface area contributed by atoms with Crippen LogP contribution in [-0.4, -0.2) is 44.9 Å². The third kappa shape index (κ3) is 3.87. The van der Waals surface area contributed by atoms with E-state index in [1.54, 1.807) is 0 Å². The number of nitrogens with one attached hydrogen (secondary N) is 1. The van der Waals surface area contributed by atoms with E-state index in [0.29, 0.717) is 25.3 Å². The lowest BCUT2D eigenvalue weighted by Crippen LogP contribution is -2.62. The predicted octanol–water partition coefficient (Wildman–Crippen LogP) is 2.45. The van der Waals surface area contributed by atoms with Gasteiger partial charge in [-0.2, -0.15) is 0 Å². The van der Waals surface area contributed by atoms with Crippen molar-refractivity contribution in [3.8, 4) is 0 Å². The first-order valence-corrected chi connectivity index (χ1v) is 6.75. The van der Waals surface area contributed by atoms with Gasteiger partial charge in [0.05, 0.1) is 12.7 Å². The second kappa shape index (κ2) is 7.36. The smallest absolute Gasteiger partial charge is 0.261 e. The average Bonchev–Trinajstić information content (AvgIpc) is 2.34. The highest BCUT2D eigenvalue weighted by atomic mass is 19.3. The van der Waals surface area contributed by atoms with E-state index in [1.807, 2.05) is 6.92 Å². The third-order valence-electron chi connectivity index (χ3n) is 3.99. The predicted molar refractivity (Wildman–Crippen MR) is 67.0 cm³/mol. The van der Waals surface area contributed by atoms with Gasteiger partial charge in [0.25, 0.3) is 6.43 Å². The van der Waals surface area contributed by atoms with Gasteiger partial charge in [-0.15, -0.1) is 0 Å². The summed E-state index contributed by atoms with van der Waals surface area (Å²) >= 11 is 0. The van der Waals surface area contributed by atoms with Gasteiger partial charge in [-0.05, 0) is 19.8 Å². The Morgan fingerprint density at radius 1 is 1.39 bits per heavy atom. The summed E-state index contributed by atoms with van der Waals surface area (Å²) in [6.45, 7) is 7.60. The fourth-order valence-corrected chi connectivity index (χ4v) is 2.54. The minimum Gasteiger partial charge on any atom is -0.378 e. The summed E-state index contributed by atoms with van der Waals surface area (Å²) in [5.74, 6) is 0. The van der Waals surface area contributed by atoms with Crippen molar-refractivity contribution in [3.63, 3.8) is 0 Å². The highest BCUT2D eigenvalue weighted by Gasteiger charge is 2.50. The van der Waals surface area contributed by atoms with Crippen LogP contribution in [0.3, 0.4) is 0 Å². The Bertz CT molecular complexity index is 241. The average molecular weight is 265 g/mol. The molecule has 0 heterocycles. The lowest BCUT2D eigenvalue weighted by Gasteiger charge is -2.53. The second-order valence-corrected chi connectivity index (χ2v) is 5.01. The second-order valence-electron chi connectivity index (χ2n) is 5.01. The molecule has 1 aliphatic rings. The van der Waals surface area contributed by atoms with Gasteiger partial charge in [0, 0.05) is 24.6 Å². The largest absolute Gasteiger partial charge is 0.378 e. The monoisotopic (exact) mass is 265 g/mol. The van der Waals surface area contributed by atoms with E-state index in [-0.39, 0.29) is 5.41 Å². The van der Waals surface area contributed by atoms with Crippen molar-refractivity contribution >= 4 is 0 Å². The van der Waals surface area contributed by atoms with Crippen LogP contribution in [0.1, 0.15) is 33.6 Å². The summed E-state index contributed by atoms with van der Waals surface area (Å²) in [5, 5.41) is 3.37. The molecule has 18 heavy (non-hydrogen) atoms. The van der Waals surface area contributed by atoms with Crippen LogP contribution in [0, 0.1) is 5.41 Å². The Balaban J connectivity index is 2.19. The van der Waals surface area contributed by atoms with Crippen molar-refractivity contribution in [2.45, 2.75) is 52.2 Å². The molecule has 1 fully saturated rings. The third-order valence-corrected chi connectivity index (χ3v) is 3.99. The SMILES string of the molecule is CCOC1CC(NCCOCC(F)F)C1(C)CC. The maximum atomic E-state index is 11.8. The van der Waals surface area contributed by atoms with Gasteiger partial charge in [-0.25, -0.2) is 8.78 Å². The summed E-state index contributed by atoms with van der Waals surface area (Å²) in [7, 11) is 0. The molecule has 1 saturated carbocycles. The molecule has 0 amide bonds. The first-order chi connectivity index (χ1) is 8.54. The molecular weight excluding hydrogens is 240 g/mol. The van der Waals surface area contributed by atoms with Crippen LogP contribution in [-0.2, 0) is 9.47 Å². The van der Waals surface area contributed by atoms with Crippen molar-refractivity contribution in [3.05, 3.63) is 0 Å². The summed E-state index contributed by atoms with van der Waals surface area (Å²) in [6.07, 6.45) is -0.0239. The topological polar surface area (TPSA) is 30.5 Å². The fourth-order valence-electron chi connectivity index (χ4n) is 2.54. The van der Waals surface area contributed by atoms with E-state index in [2.05, 4.69) is 19.2 Å². The summed E-state index contributed by atoms with van der Waals surface area (Å²) in [5.41, 5.74) is 0.152. The summed E-state index contributed by atoms with van der Waals surface area (Å²) in [6, 6.07) is 0.397. The number of hydrogen-bond acceptors (Lipinski definition) is 3. The Labute approximate surface area is 108 Å². The zero-order valence-corrected chi connectivity index (χ0v) is 11.5. The quantitative estimate of drug-likeness (QED) is 0.650. The first kappa shape index (κ1) is 15.8. The van der Waals surface area contributed by atoms with Gasteiger partial charge in [0.1, 0.15) is 6.61 Å². The molecule has 3 atom stereocenters. The minimum atomic E-state index is -2.38. The van der Waals surface area contributed by atoms with Crippen LogP contribution in [0.15, 0.2) is 0 Å². The van der Waals surface area contributed by atoms with Crippen LogP contribution in [0.5, 0.6) is 0 Å². The van der Waals surface area contributed by atoms with Gasteiger partial charge >= 0.3 is 0 Å². The van der Waals surface area contributed by atoms with Gasteiger partial charge in [0.15, 0.2) is 0 Å². The van der Waals surface area contributed by atoms with E-state index in [1.165, 1.54) is 0 Å². The van der Waals surface area contributed by atoms with Crippen molar-refractivity contribution in [2.75, 3.05) is 26.4 Å². The van der Waals surface area contributed by atoms with Gasteiger partial charge in [-0.3, -0.25) is 0 Å². The molecule has 0 saturated heterocycles.